The average Bonchev–Trinajstić information content (AvgIpc) is 1.56. The predicted molar refractivity (Wildman–Crippen MR) is 612 cm³/mol. The van der Waals surface area contributed by atoms with Crippen molar-refractivity contribution >= 4 is 218 Å². The van der Waals surface area contributed by atoms with E-state index in [2.05, 4.69) is 431 Å². The Morgan fingerprint density at radius 3 is 0.870 bits per heavy atom. The van der Waals surface area contributed by atoms with Crippen LogP contribution in [-0.4, -0.2) is 0 Å². The van der Waals surface area contributed by atoms with E-state index in [1.165, 1.54) is 142 Å². The predicted octanol–water partition coefficient (Wildman–Crippen LogP) is 40.7. The van der Waals surface area contributed by atoms with Crippen molar-refractivity contribution in [3.63, 3.8) is 0 Å². The third kappa shape index (κ3) is 12.9. The lowest BCUT2D eigenvalue weighted by atomic mass is 9.84. The molecule has 146 heavy (non-hydrogen) atoms. The Labute approximate surface area is 835 Å². The molecule has 26 aromatic carbocycles. The third-order valence-corrected chi connectivity index (χ3v) is 30.3. The third-order valence-electron chi connectivity index (χ3n) is 30.3. The van der Waals surface area contributed by atoms with Gasteiger partial charge in [-0.15, -0.1) is 0 Å². The van der Waals surface area contributed by atoms with Gasteiger partial charge in [-0.05, 0) is 254 Å². The zero-order valence-corrected chi connectivity index (χ0v) is 78.8. The van der Waals surface area contributed by atoms with Gasteiger partial charge in [-0.3, -0.25) is 0 Å². The molecule has 32 aromatic rings. The summed E-state index contributed by atoms with van der Waals surface area (Å²) in [5.41, 5.74) is 31.3. The Morgan fingerprint density at radius 1 is 0.103 bits per heavy atom. The Hall–Kier alpha value is -19.4. The molecule has 0 aliphatic carbocycles. The van der Waals surface area contributed by atoms with Crippen LogP contribution in [0.25, 0.3) is 318 Å². The molecule has 0 bridgehead atoms. The van der Waals surface area contributed by atoms with Crippen molar-refractivity contribution in [3.8, 4) is 100 Å². The van der Waals surface area contributed by atoms with E-state index < -0.39 is 0 Å². The lowest BCUT2D eigenvalue weighted by Crippen LogP contribution is -1.92. The van der Waals surface area contributed by atoms with Crippen LogP contribution in [0.1, 0.15) is 0 Å². The summed E-state index contributed by atoms with van der Waals surface area (Å²) in [6.45, 7) is 0. The minimum Gasteiger partial charge on any atom is -0.456 e. The molecule has 0 amide bonds. The first-order chi connectivity index (χ1) is 72.4. The number of rotatable bonds is 9. The summed E-state index contributed by atoms with van der Waals surface area (Å²) >= 11 is 0. The Kier molecular flexibility index (Phi) is 18.7. The van der Waals surface area contributed by atoms with Gasteiger partial charge in [0.1, 0.15) is 55.8 Å². The highest BCUT2D eigenvalue weighted by molar-refractivity contribution is 6.32. The molecule has 6 aromatic heterocycles. The lowest BCUT2D eigenvalue weighted by Gasteiger charge is -2.19. The smallest absolute Gasteiger partial charge is 0.179 e. The van der Waals surface area contributed by atoms with Gasteiger partial charge in [0.15, 0.2) is 11.2 Å². The first kappa shape index (κ1) is 82.5. The van der Waals surface area contributed by atoms with Crippen molar-refractivity contribution in [2.75, 3.05) is 0 Å². The summed E-state index contributed by atoms with van der Waals surface area (Å²) in [5, 5.41) is 32.9. The van der Waals surface area contributed by atoms with Crippen molar-refractivity contribution in [2.24, 2.45) is 0 Å². The standard InChI is InChI=1S/2C48H28O2.C44H26O2/c1-2-17-32-29(13-1)14-12-24-33(32)45-36-20-5-3-18-34(36)44(35-19-4-6-21-37(35)45)31-16-11-15-30(27-31)40-28-43-46(38-22-7-9-25-41(38)49-43)47-39-23-8-10-26-42(39)50-48(40)47;1-2-13-30-26-33(25-24-29(30)12-1)45-38-20-5-3-18-36(38)44(37-19-4-6-21-39(37)45)31-14-11-15-32(27-31)46-47-40(34-16-7-9-22-42(34)49-47)28-41-35-17-8-10-23-43(35)50-48(41)46;1-2-13-27(14-3-1)40-31-18-4-6-20-33(31)41(34-21-7-5-19-32(34)40)29-16-12-15-28(25-29)36-26-37-30-17-8-10-23-38(30)45-43(37)44-42(36)35-22-9-11-24-39(35)46-44/h2*1-28H;1-26H. The van der Waals surface area contributed by atoms with Crippen molar-refractivity contribution in [2.45, 2.75) is 0 Å². The molecular formula is C140H82O6. The molecule has 32 rings (SSSR count). The summed E-state index contributed by atoms with van der Waals surface area (Å²) in [7, 11) is 0. The molecule has 0 fully saturated rings. The van der Waals surface area contributed by atoms with Crippen LogP contribution in [0.4, 0.5) is 0 Å². The van der Waals surface area contributed by atoms with Crippen LogP contribution in [0.15, 0.2) is 524 Å². The van der Waals surface area contributed by atoms with E-state index in [9.17, 15) is 0 Å². The number of furan rings is 6. The highest BCUT2D eigenvalue weighted by Gasteiger charge is 2.29. The summed E-state index contributed by atoms with van der Waals surface area (Å²) in [4.78, 5) is 0. The van der Waals surface area contributed by atoms with Gasteiger partial charge in [0.25, 0.3) is 0 Å². The minimum atomic E-state index is 0.790. The van der Waals surface area contributed by atoms with E-state index in [1.807, 2.05) is 66.7 Å². The number of benzene rings is 26. The maximum absolute atomic E-state index is 6.71. The van der Waals surface area contributed by atoms with E-state index in [-0.39, 0.29) is 0 Å². The minimum absolute atomic E-state index is 0.790. The largest absolute Gasteiger partial charge is 0.456 e. The molecular weight excluding hydrogens is 1780 g/mol. The van der Waals surface area contributed by atoms with Crippen LogP contribution >= 0.6 is 0 Å². The van der Waals surface area contributed by atoms with Crippen molar-refractivity contribution in [1.29, 1.82) is 0 Å². The summed E-state index contributed by atoms with van der Waals surface area (Å²) in [6, 6.07) is 178. The van der Waals surface area contributed by atoms with Gasteiger partial charge in [-0.25, -0.2) is 0 Å². The van der Waals surface area contributed by atoms with Crippen LogP contribution in [0.3, 0.4) is 0 Å². The van der Waals surface area contributed by atoms with Gasteiger partial charge in [0.05, 0.1) is 5.56 Å². The summed E-state index contributed by atoms with van der Waals surface area (Å²) < 4.78 is 39.5. The second kappa shape index (κ2) is 33.1. The first-order valence-corrected chi connectivity index (χ1v) is 49.9. The van der Waals surface area contributed by atoms with Crippen LogP contribution in [0.5, 0.6) is 0 Å². The monoisotopic (exact) mass is 1860 g/mol. The van der Waals surface area contributed by atoms with Crippen LogP contribution in [-0.2, 0) is 0 Å². The van der Waals surface area contributed by atoms with E-state index >= 15 is 0 Å². The van der Waals surface area contributed by atoms with Gasteiger partial charge in [-0.1, -0.05) is 419 Å². The van der Waals surface area contributed by atoms with Gasteiger partial charge in [0.2, 0.25) is 0 Å². The Morgan fingerprint density at radius 2 is 0.397 bits per heavy atom. The topological polar surface area (TPSA) is 78.8 Å². The van der Waals surface area contributed by atoms with E-state index in [1.54, 1.807) is 0 Å². The fourth-order valence-corrected chi connectivity index (χ4v) is 24.0. The summed E-state index contributed by atoms with van der Waals surface area (Å²) in [6.07, 6.45) is 0. The second-order valence-electron chi connectivity index (χ2n) is 38.3. The van der Waals surface area contributed by atoms with Crippen molar-refractivity contribution < 1.29 is 26.5 Å². The van der Waals surface area contributed by atoms with Gasteiger partial charge in [-0.2, -0.15) is 0 Å². The molecule has 6 heterocycles. The maximum atomic E-state index is 6.71. The number of fused-ring (bicyclic) bond motifs is 28. The zero-order chi connectivity index (χ0) is 95.7. The first-order valence-electron chi connectivity index (χ1n) is 49.9. The number of para-hydroxylation sites is 6. The van der Waals surface area contributed by atoms with Crippen LogP contribution in [0, 0.1) is 0 Å². The van der Waals surface area contributed by atoms with Gasteiger partial charge in [0, 0.05) is 70.2 Å². The molecule has 0 radical (unpaired) electrons. The SMILES string of the molecule is c1cc(-c2c3ccccc3c(-c3ccc4ccccc4c3)c3ccccc23)cc(-c2c3oc4ccccc4c3cc3c2oc2ccccc23)c1.c1cc(-c2c3ccccc3c(-c3cccc4ccccc34)c3ccccc23)cc(-c2cc3oc4ccccc4c3c3c2oc2ccccc23)c1.c1ccc(-c2c3ccccc3c(-c3cccc(-c4cc5c6ccccc6oc5c5oc6ccccc6c45)c3)c3ccccc23)cc1. The fraction of sp³-hybridized carbons (Fsp3) is 0. The fourth-order valence-electron chi connectivity index (χ4n) is 24.0. The highest BCUT2D eigenvalue weighted by Crippen LogP contribution is 2.55. The number of hydrogen-bond donors (Lipinski definition) is 0. The van der Waals surface area contributed by atoms with Gasteiger partial charge < -0.3 is 26.5 Å². The van der Waals surface area contributed by atoms with Crippen molar-refractivity contribution in [1.82, 2.24) is 0 Å². The maximum Gasteiger partial charge on any atom is 0.179 e. The molecule has 0 spiro atoms. The lowest BCUT2D eigenvalue weighted by molar-refractivity contribution is 0.633. The van der Waals surface area contributed by atoms with E-state index in [0.29, 0.717) is 0 Å². The highest BCUT2D eigenvalue weighted by atomic mass is 16.4. The quantitative estimate of drug-likeness (QED) is 0.134. The zero-order valence-electron chi connectivity index (χ0n) is 78.8. The molecule has 0 unspecified atom stereocenters. The molecule has 0 atom stereocenters. The second-order valence-corrected chi connectivity index (χ2v) is 38.3. The average molecular weight is 1860 g/mol. The van der Waals surface area contributed by atoms with Gasteiger partial charge >= 0.3 is 0 Å². The molecule has 6 nitrogen and oxygen atoms in total. The normalized spacial score (nSPS) is 12.0. The van der Waals surface area contributed by atoms with E-state index in [4.69, 9.17) is 26.5 Å². The molecule has 0 saturated heterocycles. The molecule has 0 aliphatic rings. The summed E-state index contributed by atoms with van der Waals surface area (Å²) in [5.74, 6) is 0. The van der Waals surface area contributed by atoms with Crippen LogP contribution < -0.4 is 0 Å². The molecule has 0 N–H and O–H groups in total. The number of hydrogen-bond acceptors (Lipinski definition) is 6. The molecule has 678 valence electrons. The molecule has 0 aliphatic heterocycles. The van der Waals surface area contributed by atoms with E-state index in [0.717, 1.165) is 176 Å². The van der Waals surface area contributed by atoms with Crippen molar-refractivity contribution in [3.05, 3.63) is 497 Å². The molecule has 0 saturated carbocycles. The Balaban J connectivity index is 0.000000102. The van der Waals surface area contributed by atoms with Crippen LogP contribution in [0.2, 0.25) is 0 Å². The Bertz CT molecular complexity index is 10800. The molecule has 6 heteroatoms.